The summed E-state index contributed by atoms with van der Waals surface area (Å²) in [5.41, 5.74) is 4.93. The summed E-state index contributed by atoms with van der Waals surface area (Å²) in [4.78, 5) is 0. The van der Waals surface area contributed by atoms with E-state index in [4.69, 9.17) is 18.8 Å². The standard InChI is InChI=1S/C27H27BO4/c1-25(2)18-11-8-7-10-16(18)17-14-22-23(15-19(17)25)29-21-13-9-12-20(24(21)30-22)28-31-26(3,4)27(5,6)32-28/h7-15H,1-6H3. The van der Waals surface area contributed by atoms with Crippen molar-refractivity contribution in [3.63, 3.8) is 0 Å². The van der Waals surface area contributed by atoms with Crippen molar-refractivity contribution in [1.82, 2.24) is 0 Å². The molecule has 4 nitrogen and oxygen atoms in total. The summed E-state index contributed by atoms with van der Waals surface area (Å²) >= 11 is 0. The van der Waals surface area contributed by atoms with E-state index in [2.05, 4.69) is 77.9 Å². The summed E-state index contributed by atoms with van der Waals surface area (Å²) in [6.45, 7) is 12.7. The molecule has 0 atom stereocenters. The Morgan fingerprint density at radius 3 is 2.06 bits per heavy atom. The second-order valence-corrected chi connectivity index (χ2v) is 10.5. The van der Waals surface area contributed by atoms with Gasteiger partial charge in [0.1, 0.15) is 0 Å². The van der Waals surface area contributed by atoms with Crippen molar-refractivity contribution in [2.75, 3.05) is 0 Å². The maximum absolute atomic E-state index is 6.48. The van der Waals surface area contributed by atoms with E-state index >= 15 is 0 Å². The molecule has 32 heavy (non-hydrogen) atoms. The van der Waals surface area contributed by atoms with Gasteiger partial charge in [0, 0.05) is 10.9 Å². The zero-order valence-electron chi connectivity index (χ0n) is 19.4. The minimum Gasteiger partial charge on any atom is -0.450 e. The second kappa shape index (κ2) is 6.18. The molecule has 0 radical (unpaired) electrons. The normalized spacial score (nSPS) is 20.5. The first kappa shape index (κ1) is 19.9. The molecule has 1 fully saturated rings. The van der Waals surface area contributed by atoms with Crippen LogP contribution < -0.4 is 14.9 Å². The van der Waals surface area contributed by atoms with Gasteiger partial charge >= 0.3 is 7.12 Å². The van der Waals surface area contributed by atoms with Crippen molar-refractivity contribution in [3.05, 3.63) is 65.7 Å². The van der Waals surface area contributed by atoms with Crippen LogP contribution in [-0.2, 0) is 14.7 Å². The highest BCUT2D eigenvalue weighted by molar-refractivity contribution is 6.63. The third kappa shape index (κ3) is 2.58. The number of hydrogen-bond donors (Lipinski definition) is 0. The summed E-state index contributed by atoms with van der Waals surface area (Å²) in [5.74, 6) is 2.79. The lowest BCUT2D eigenvalue weighted by atomic mass is 9.78. The molecular formula is C27H27BO4. The van der Waals surface area contributed by atoms with Gasteiger partial charge in [-0.15, -0.1) is 0 Å². The van der Waals surface area contributed by atoms with Crippen molar-refractivity contribution >= 4 is 12.6 Å². The van der Waals surface area contributed by atoms with Crippen molar-refractivity contribution in [2.45, 2.75) is 58.2 Å². The Morgan fingerprint density at radius 1 is 0.625 bits per heavy atom. The van der Waals surface area contributed by atoms with Gasteiger partial charge in [0.25, 0.3) is 0 Å². The average molecular weight is 426 g/mol. The molecule has 0 aromatic heterocycles. The minimum absolute atomic E-state index is 0.0882. The van der Waals surface area contributed by atoms with Crippen LogP contribution in [0.3, 0.4) is 0 Å². The molecule has 3 aromatic carbocycles. The van der Waals surface area contributed by atoms with Crippen LogP contribution in [0.25, 0.3) is 11.1 Å². The monoisotopic (exact) mass is 426 g/mol. The Kier molecular flexibility index (Phi) is 3.84. The van der Waals surface area contributed by atoms with Gasteiger partial charge in [0.2, 0.25) is 0 Å². The lowest BCUT2D eigenvalue weighted by Crippen LogP contribution is -2.41. The fourth-order valence-corrected chi connectivity index (χ4v) is 4.97. The predicted octanol–water partition coefficient (Wildman–Crippen LogP) is 6.19. The van der Waals surface area contributed by atoms with Crippen LogP contribution >= 0.6 is 0 Å². The highest BCUT2D eigenvalue weighted by Gasteiger charge is 2.53. The summed E-state index contributed by atoms with van der Waals surface area (Å²) in [6, 6.07) is 18.7. The van der Waals surface area contributed by atoms with E-state index in [-0.39, 0.29) is 5.41 Å². The van der Waals surface area contributed by atoms with Crippen LogP contribution in [0.15, 0.2) is 54.6 Å². The first-order valence-corrected chi connectivity index (χ1v) is 11.2. The SMILES string of the molecule is CC1(C)c2ccccc2-c2cc3c(cc21)Oc1cccc(B2OC(C)(C)C(C)(C)O2)c1O3. The molecule has 0 bridgehead atoms. The van der Waals surface area contributed by atoms with Gasteiger partial charge in [-0.2, -0.15) is 0 Å². The van der Waals surface area contributed by atoms with E-state index in [1.165, 1.54) is 22.3 Å². The van der Waals surface area contributed by atoms with Crippen LogP contribution in [0.5, 0.6) is 23.0 Å². The fraction of sp³-hybridized carbons (Fsp3) is 0.333. The first-order valence-electron chi connectivity index (χ1n) is 11.2. The topological polar surface area (TPSA) is 36.9 Å². The Bertz CT molecular complexity index is 1260. The molecule has 0 unspecified atom stereocenters. The largest absolute Gasteiger partial charge is 0.498 e. The van der Waals surface area contributed by atoms with Crippen LogP contribution in [0, 0.1) is 0 Å². The van der Waals surface area contributed by atoms with Crippen LogP contribution in [0.4, 0.5) is 0 Å². The summed E-state index contributed by atoms with van der Waals surface area (Å²) in [6.07, 6.45) is 0. The molecule has 5 heteroatoms. The number of ether oxygens (including phenoxy) is 2. The molecule has 2 heterocycles. The average Bonchev–Trinajstić information content (AvgIpc) is 3.10. The van der Waals surface area contributed by atoms with Crippen LogP contribution in [-0.4, -0.2) is 18.3 Å². The Labute approximate surface area is 189 Å². The lowest BCUT2D eigenvalue weighted by molar-refractivity contribution is 0.00578. The molecule has 6 rings (SSSR count). The van der Waals surface area contributed by atoms with Gasteiger partial charge in [-0.3, -0.25) is 0 Å². The third-order valence-corrected chi connectivity index (χ3v) is 7.60. The summed E-state index contributed by atoms with van der Waals surface area (Å²) in [7, 11) is -0.519. The number of rotatable bonds is 1. The molecule has 162 valence electrons. The Balaban J connectivity index is 1.44. The molecule has 0 spiro atoms. The van der Waals surface area contributed by atoms with Gasteiger partial charge in [0.05, 0.1) is 11.2 Å². The van der Waals surface area contributed by atoms with Crippen molar-refractivity contribution < 1.29 is 18.8 Å². The van der Waals surface area contributed by atoms with E-state index in [9.17, 15) is 0 Å². The maximum Gasteiger partial charge on any atom is 0.498 e. The molecule has 0 amide bonds. The third-order valence-electron chi connectivity index (χ3n) is 7.60. The molecule has 1 aliphatic carbocycles. The molecule has 2 aliphatic heterocycles. The quantitative estimate of drug-likeness (QED) is 0.340. The Morgan fingerprint density at radius 2 is 1.31 bits per heavy atom. The van der Waals surface area contributed by atoms with Crippen LogP contribution in [0.2, 0.25) is 0 Å². The molecule has 3 aliphatic rings. The fourth-order valence-electron chi connectivity index (χ4n) is 4.97. The first-order chi connectivity index (χ1) is 15.1. The van der Waals surface area contributed by atoms with Crippen molar-refractivity contribution in [1.29, 1.82) is 0 Å². The lowest BCUT2D eigenvalue weighted by Gasteiger charge is -2.32. The molecule has 0 saturated carbocycles. The summed E-state index contributed by atoms with van der Waals surface area (Å²) in [5, 5.41) is 0. The van der Waals surface area contributed by atoms with E-state index < -0.39 is 18.3 Å². The van der Waals surface area contributed by atoms with E-state index in [0.717, 1.165) is 11.2 Å². The Hall–Kier alpha value is -2.76. The van der Waals surface area contributed by atoms with E-state index in [1.807, 2.05) is 18.2 Å². The van der Waals surface area contributed by atoms with Gasteiger partial charge in [-0.05, 0) is 68.1 Å². The van der Waals surface area contributed by atoms with E-state index in [1.54, 1.807) is 0 Å². The van der Waals surface area contributed by atoms with Gasteiger partial charge in [0.15, 0.2) is 23.0 Å². The smallest absolute Gasteiger partial charge is 0.450 e. The van der Waals surface area contributed by atoms with Gasteiger partial charge in [-0.1, -0.05) is 50.2 Å². The highest BCUT2D eigenvalue weighted by Crippen LogP contribution is 2.54. The zero-order valence-corrected chi connectivity index (χ0v) is 19.4. The number of hydrogen-bond acceptors (Lipinski definition) is 4. The minimum atomic E-state index is -0.519. The second-order valence-electron chi connectivity index (χ2n) is 10.5. The number of benzene rings is 3. The summed E-state index contributed by atoms with van der Waals surface area (Å²) < 4.78 is 25.4. The molecule has 0 N–H and O–H groups in total. The molecular weight excluding hydrogens is 399 g/mol. The van der Waals surface area contributed by atoms with Crippen LogP contribution in [0.1, 0.15) is 52.7 Å². The van der Waals surface area contributed by atoms with Gasteiger partial charge in [-0.25, -0.2) is 0 Å². The predicted molar refractivity (Wildman–Crippen MR) is 126 cm³/mol. The maximum atomic E-state index is 6.48. The van der Waals surface area contributed by atoms with E-state index in [0.29, 0.717) is 17.2 Å². The molecule has 1 saturated heterocycles. The van der Waals surface area contributed by atoms with Crippen molar-refractivity contribution in [3.8, 4) is 34.1 Å². The number of fused-ring (bicyclic) bond motifs is 5. The highest BCUT2D eigenvalue weighted by atomic mass is 16.7. The number of para-hydroxylation sites is 1. The molecule has 3 aromatic rings. The van der Waals surface area contributed by atoms with Gasteiger partial charge < -0.3 is 18.8 Å². The zero-order chi connectivity index (χ0) is 22.5. The van der Waals surface area contributed by atoms with Crippen molar-refractivity contribution in [2.24, 2.45) is 0 Å².